The lowest BCUT2D eigenvalue weighted by molar-refractivity contribution is -0.117. The number of likely N-dealkylation sites (N-methyl/N-ethyl adjacent to an activating group) is 1. The number of hydrogen-bond donors (Lipinski definition) is 2. The van der Waals surface area contributed by atoms with E-state index in [-0.39, 0.29) is 18.4 Å². The van der Waals surface area contributed by atoms with Crippen molar-refractivity contribution in [3.8, 4) is 11.5 Å². The fourth-order valence-corrected chi connectivity index (χ4v) is 2.25. The molecule has 0 spiro atoms. The Morgan fingerprint density at radius 2 is 1.79 bits per heavy atom. The van der Waals surface area contributed by atoms with E-state index in [9.17, 15) is 9.59 Å². The van der Waals surface area contributed by atoms with Gasteiger partial charge in [-0.1, -0.05) is 24.3 Å². The van der Waals surface area contributed by atoms with Crippen LogP contribution < -0.4 is 20.1 Å². The van der Waals surface area contributed by atoms with E-state index in [1.807, 2.05) is 6.07 Å². The van der Waals surface area contributed by atoms with Gasteiger partial charge in [-0.15, -0.1) is 0 Å². The van der Waals surface area contributed by atoms with Gasteiger partial charge in [0.2, 0.25) is 6.79 Å². The second-order valence-corrected chi connectivity index (χ2v) is 5.07. The summed E-state index contributed by atoms with van der Waals surface area (Å²) >= 11 is 0. The third kappa shape index (κ3) is 3.38. The zero-order valence-electron chi connectivity index (χ0n) is 13.0. The Morgan fingerprint density at radius 3 is 2.54 bits per heavy atom. The molecule has 0 radical (unpaired) electrons. The van der Waals surface area contributed by atoms with Crippen molar-refractivity contribution in [3.05, 3.63) is 65.4 Å². The fraction of sp³-hybridized carbons (Fsp3) is 0.111. The Labute approximate surface area is 139 Å². The maximum Gasteiger partial charge on any atom is 0.267 e. The Hall–Kier alpha value is -3.28. The van der Waals surface area contributed by atoms with E-state index < -0.39 is 5.91 Å². The molecule has 0 aromatic heterocycles. The molecule has 0 saturated carbocycles. The number of amides is 2. The van der Waals surface area contributed by atoms with Crippen LogP contribution >= 0.6 is 0 Å². The number of nitrogens with one attached hydrogen (secondary N) is 2. The highest BCUT2D eigenvalue weighted by atomic mass is 16.7. The van der Waals surface area contributed by atoms with Crippen molar-refractivity contribution in [2.24, 2.45) is 0 Å². The zero-order valence-corrected chi connectivity index (χ0v) is 13.0. The predicted molar refractivity (Wildman–Crippen MR) is 88.5 cm³/mol. The SMILES string of the molecule is CNC(=O)/C(=C/c1ccc2c(c1)OCO2)NC(=O)c1ccccc1. The van der Waals surface area contributed by atoms with Crippen molar-refractivity contribution >= 4 is 17.9 Å². The third-order valence-corrected chi connectivity index (χ3v) is 3.46. The number of rotatable bonds is 4. The summed E-state index contributed by atoms with van der Waals surface area (Å²) in [6.07, 6.45) is 1.58. The molecule has 24 heavy (non-hydrogen) atoms. The number of benzene rings is 2. The molecule has 122 valence electrons. The Morgan fingerprint density at radius 1 is 1.04 bits per heavy atom. The van der Waals surface area contributed by atoms with Gasteiger partial charge in [-0.25, -0.2) is 0 Å². The summed E-state index contributed by atoms with van der Waals surface area (Å²) in [4.78, 5) is 24.3. The molecule has 1 aliphatic rings. The van der Waals surface area contributed by atoms with Crippen LogP contribution in [0.15, 0.2) is 54.2 Å². The van der Waals surface area contributed by atoms with Crippen LogP contribution in [-0.2, 0) is 4.79 Å². The lowest BCUT2D eigenvalue weighted by atomic mass is 10.1. The van der Waals surface area contributed by atoms with Crippen LogP contribution in [0.5, 0.6) is 11.5 Å². The first kappa shape index (κ1) is 15.6. The largest absolute Gasteiger partial charge is 0.454 e. The zero-order chi connectivity index (χ0) is 16.9. The molecule has 0 bridgehead atoms. The summed E-state index contributed by atoms with van der Waals surface area (Å²) in [5.74, 6) is 0.513. The second kappa shape index (κ2) is 6.87. The van der Waals surface area contributed by atoms with E-state index >= 15 is 0 Å². The first-order valence-corrected chi connectivity index (χ1v) is 7.37. The number of hydrogen-bond acceptors (Lipinski definition) is 4. The van der Waals surface area contributed by atoms with Gasteiger partial charge in [-0.3, -0.25) is 9.59 Å². The van der Waals surface area contributed by atoms with Crippen molar-refractivity contribution in [3.63, 3.8) is 0 Å². The van der Waals surface area contributed by atoms with E-state index in [4.69, 9.17) is 9.47 Å². The Kier molecular flexibility index (Phi) is 4.47. The average Bonchev–Trinajstić information content (AvgIpc) is 3.09. The Bertz CT molecular complexity index is 800. The number of ether oxygens (including phenoxy) is 2. The summed E-state index contributed by atoms with van der Waals surface area (Å²) in [6.45, 7) is 0.176. The van der Waals surface area contributed by atoms with Crippen molar-refractivity contribution < 1.29 is 19.1 Å². The molecule has 2 aromatic carbocycles. The topological polar surface area (TPSA) is 76.7 Å². The van der Waals surface area contributed by atoms with Crippen LogP contribution in [0.4, 0.5) is 0 Å². The molecular weight excluding hydrogens is 308 g/mol. The average molecular weight is 324 g/mol. The van der Waals surface area contributed by atoms with Crippen LogP contribution in [-0.4, -0.2) is 25.7 Å². The molecule has 1 heterocycles. The summed E-state index contributed by atoms with van der Waals surface area (Å²) in [5.41, 5.74) is 1.33. The minimum Gasteiger partial charge on any atom is -0.454 e. The van der Waals surface area contributed by atoms with E-state index in [0.29, 0.717) is 22.6 Å². The van der Waals surface area contributed by atoms with E-state index in [1.54, 1.807) is 48.5 Å². The maximum atomic E-state index is 12.3. The summed E-state index contributed by atoms with van der Waals surface area (Å²) in [6, 6.07) is 14.0. The summed E-state index contributed by atoms with van der Waals surface area (Å²) < 4.78 is 10.6. The van der Waals surface area contributed by atoms with E-state index in [1.165, 1.54) is 7.05 Å². The molecule has 1 aliphatic heterocycles. The van der Waals surface area contributed by atoms with Gasteiger partial charge in [-0.2, -0.15) is 0 Å². The van der Waals surface area contributed by atoms with Crippen LogP contribution in [0.25, 0.3) is 6.08 Å². The van der Waals surface area contributed by atoms with Gasteiger partial charge in [0.1, 0.15) is 5.70 Å². The molecule has 0 saturated heterocycles. The van der Waals surface area contributed by atoms with E-state index in [2.05, 4.69) is 10.6 Å². The summed E-state index contributed by atoms with van der Waals surface area (Å²) in [5, 5.41) is 5.15. The van der Waals surface area contributed by atoms with Crippen molar-refractivity contribution in [1.29, 1.82) is 0 Å². The standard InChI is InChI=1S/C18H16N2O4/c1-19-18(22)14(20-17(21)13-5-3-2-4-6-13)9-12-7-8-15-16(10-12)24-11-23-15/h2-10H,11H2,1H3,(H,19,22)(H,20,21)/b14-9-. The monoisotopic (exact) mass is 324 g/mol. The molecule has 3 rings (SSSR count). The van der Waals surface area contributed by atoms with Gasteiger partial charge in [0.15, 0.2) is 11.5 Å². The van der Waals surface area contributed by atoms with Crippen molar-refractivity contribution in [1.82, 2.24) is 10.6 Å². The van der Waals surface area contributed by atoms with E-state index in [0.717, 1.165) is 0 Å². The Balaban J connectivity index is 1.86. The van der Waals surface area contributed by atoms with Crippen LogP contribution in [0, 0.1) is 0 Å². The smallest absolute Gasteiger partial charge is 0.267 e. The molecule has 0 fully saturated rings. The van der Waals surface area contributed by atoms with Crippen molar-refractivity contribution in [2.75, 3.05) is 13.8 Å². The lowest BCUT2D eigenvalue weighted by Gasteiger charge is -2.09. The molecule has 6 heteroatoms. The van der Waals surface area contributed by atoms with Gasteiger partial charge < -0.3 is 20.1 Å². The second-order valence-electron chi connectivity index (χ2n) is 5.07. The molecule has 6 nitrogen and oxygen atoms in total. The summed E-state index contributed by atoms with van der Waals surface area (Å²) in [7, 11) is 1.50. The fourth-order valence-electron chi connectivity index (χ4n) is 2.25. The molecule has 2 aromatic rings. The maximum absolute atomic E-state index is 12.3. The third-order valence-electron chi connectivity index (χ3n) is 3.46. The minimum absolute atomic E-state index is 0.144. The molecule has 2 amide bonds. The van der Waals surface area contributed by atoms with Gasteiger partial charge in [0.25, 0.3) is 11.8 Å². The van der Waals surface area contributed by atoms with Gasteiger partial charge in [-0.05, 0) is 35.9 Å². The number of carbonyl (C=O) groups excluding carboxylic acids is 2. The van der Waals surface area contributed by atoms with Crippen molar-refractivity contribution in [2.45, 2.75) is 0 Å². The highest BCUT2D eigenvalue weighted by Crippen LogP contribution is 2.33. The number of fused-ring (bicyclic) bond motifs is 1. The number of carbonyl (C=O) groups is 2. The molecular formula is C18H16N2O4. The normalized spacial score (nSPS) is 12.6. The molecule has 0 unspecified atom stereocenters. The van der Waals surface area contributed by atoms with Crippen LogP contribution in [0.2, 0.25) is 0 Å². The first-order valence-electron chi connectivity index (χ1n) is 7.37. The molecule has 2 N–H and O–H groups in total. The molecule has 0 atom stereocenters. The quantitative estimate of drug-likeness (QED) is 0.843. The predicted octanol–water partition coefficient (Wildman–Crippen LogP) is 1.93. The highest BCUT2D eigenvalue weighted by molar-refractivity contribution is 6.05. The first-order chi connectivity index (χ1) is 11.7. The van der Waals surface area contributed by atoms with Gasteiger partial charge >= 0.3 is 0 Å². The highest BCUT2D eigenvalue weighted by Gasteiger charge is 2.16. The minimum atomic E-state index is -0.392. The van der Waals surface area contributed by atoms with Crippen LogP contribution in [0.3, 0.4) is 0 Å². The van der Waals surface area contributed by atoms with Gasteiger partial charge in [0, 0.05) is 12.6 Å². The van der Waals surface area contributed by atoms with Crippen LogP contribution in [0.1, 0.15) is 15.9 Å². The molecule has 0 aliphatic carbocycles. The van der Waals surface area contributed by atoms with Gasteiger partial charge in [0.05, 0.1) is 0 Å². The lowest BCUT2D eigenvalue weighted by Crippen LogP contribution is -2.33.